The molecule has 1 N–H and O–H groups in total. The van der Waals surface area contributed by atoms with Gasteiger partial charge in [-0.15, -0.1) is 0 Å². The molecule has 0 amide bonds. The molecule has 2 rings (SSSR count). The molecule has 0 fully saturated rings. The number of hydrogen-bond donors (Lipinski definition) is 1. The van der Waals surface area contributed by atoms with E-state index in [1.165, 1.54) is 18.7 Å². The topological polar surface area (TPSA) is 21.3 Å². The summed E-state index contributed by atoms with van der Waals surface area (Å²) in [5.41, 5.74) is 3.33. The largest absolute Gasteiger partial charge is 0.494 e. The summed E-state index contributed by atoms with van der Waals surface area (Å²) in [7, 11) is 3.37. The molecule has 0 heterocycles. The summed E-state index contributed by atoms with van der Waals surface area (Å²) in [6, 6.07) is 13.2. The number of halogens is 1. The van der Waals surface area contributed by atoms with Crippen molar-refractivity contribution >= 4 is 0 Å². The number of aryl methyl sites for hydroxylation is 1. The average Bonchev–Trinajstić information content (AvgIpc) is 2.41. The molecule has 100 valence electrons. The number of rotatable bonds is 4. The highest BCUT2D eigenvalue weighted by Gasteiger charge is 2.14. The molecule has 19 heavy (non-hydrogen) atoms. The third-order valence-electron chi connectivity index (χ3n) is 3.17. The Kier molecular flexibility index (Phi) is 4.17. The van der Waals surface area contributed by atoms with E-state index < -0.39 is 0 Å². The number of hydrogen-bond acceptors (Lipinski definition) is 2. The van der Waals surface area contributed by atoms with Crippen LogP contribution in [-0.4, -0.2) is 14.2 Å². The Morgan fingerprint density at radius 2 is 1.84 bits per heavy atom. The van der Waals surface area contributed by atoms with Gasteiger partial charge in [-0.25, -0.2) is 4.39 Å². The van der Waals surface area contributed by atoms with Crippen LogP contribution in [-0.2, 0) is 0 Å². The van der Waals surface area contributed by atoms with E-state index in [4.69, 9.17) is 4.74 Å². The standard InChI is InChI=1S/C16H18FNO/c1-11-5-4-6-12(9-11)16(18-2)13-7-8-14(17)15(10-13)19-3/h4-10,16,18H,1-3H3. The lowest BCUT2D eigenvalue weighted by molar-refractivity contribution is 0.385. The first kappa shape index (κ1) is 13.6. The van der Waals surface area contributed by atoms with Gasteiger partial charge in [-0.05, 0) is 37.2 Å². The Morgan fingerprint density at radius 1 is 1.11 bits per heavy atom. The van der Waals surface area contributed by atoms with E-state index in [0.29, 0.717) is 0 Å². The molecule has 2 nitrogen and oxygen atoms in total. The first-order chi connectivity index (χ1) is 9.15. The van der Waals surface area contributed by atoms with Gasteiger partial charge in [0.2, 0.25) is 0 Å². The zero-order valence-electron chi connectivity index (χ0n) is 11.4. The fraction of sp³-hybridized carbons (Fsp3) is 0.250. The predicted octanol–water partition coefficient (Wildman–Crippen LogP) is 3.45. The minimum Gasteiger partial charge on any atom is -0.494 e. The van der Waals surface area contributed by atoms with Crippen LogP contribution in [0.4, 0.5) is 4.39 Å². The van der Waals surface area contributed by atoms with Gasteiger partial charge in [0.05, 0.1) is 13.2 Å². The van der Waals surface area contributed by atoms with Crippen LogP contribution in [0.3, 0.4) is 0 Å². The Hall–Kier alpha value is -1.87. The predicted molar refractivity (Wildman–Crippen MR) is 75.0 cm³/mol. The first-order valence-corrected chi connectivity index (χ1v) is 6.23. The molecule has 0 aliphatic heterocycles. The summed E-state index contributed by atoms with van der Waals surface area (Å²) in [6.07, 6.45) is 0. The Bertz CT molecular complexity index is 568. The highest BCUT2D eigenvalue weighted by Crippen LogP contribution is 2.27. The maximum atomic E-state index is 13.5. The third kappa shape index (κ3) is 2.93. The average molecular weight is 259 g/mol. The summed E-state index contributed by atoms with van der Waals surface area (Å²) < 4.78 is 18.5. The van der Waals surface area contributed by atoms with Gasteiger partial charge in [0.25, 0.3) is 0 Å². The van der Waals surface area contributed by atoms with Crippen molar-refractivity contribution in [3.63, 3.8) is 0 Å². The van der Waals surface area contributed by atoms with E-state index >= 15 is 0 Å². The number of nitrogens with one attached hydrogen (secondary N) is 1. The van der Waals surface area contributed by atoms with Crippen molar-refractivity contribution in [2.75, 3.05) is 14.2 Å². The lowest BCUT2D eigenvalue weighted by atomic mass is 9.97. The van der Waals surface area contributed by atoms with Crippen LogP contribution in [0.1, 0.15) is 22.7 Å². The Labute approximate surface area is 113 Å². The van der Waals surface area contributed by atoms with Gasteiger partial charge < -0.3 is 10.1 Å². The fourth-order valence-corrected chi connectivity index (χ4v) is 2.23. The quantitative estimate of drug-likeness (QED) is 0.908. The second kappa shape index (κ2) is 5.85. The van der Waals surface area contributed by atoms with Gasteiger partial charge in [-0.1, -0.05) is 35.9 Å². The minimum absolute atomic E-state index is 0.0226. The van der Waals surface area contributed by atoms with Crippen molar-refractivity contribution in [2.45, 2.75) is 13.0 Å². The molecule has 2 aromatic rings. The van der Waals surface area contributed by atoms with Crippen molar-refractivity contribution in [2.24, 2.45) is 0 Å². The molecule has 2 aromatic carbocycles. The van der Waals surface area contributed by atoms with Gasteiger partial charge in [-0.2, -0.15) is 0 Å². The lowest BCUT2D eigenvalue weighted by Crippen LogP contribution is -2.17. The van der Waals surface area contributed by atoms with Crippen molar-refractivity contribution in [3.05, 3.63) is 65.0 Å². The van der Waals surface area contributed by atoms with E-state index in [2.05, 4.69) is 30.4 Å². The summed E-state index contributed by atoms with van der Waals surface area (Å²) in [4.78, 5) is 0. The Balaban J connectivity index is 2.42. The molecule has 0 radical (unpaired) electrons. The maximum Gasteiger partial charge on any atom is 0.165 e. The number of benzene rings is 2. The Morgan fingerprint density at radius 3 is 2.47 bits per heavy atom. The van der Waals surface area contributed by atoms with Crippen LogP contribution in [0.25, 0.3) is 0 Å². The molecule has 0 aliphatic carbocycles. The molecular formula is C16H18FNO. The number of methoxy groups -OCH3 is 1. The van der Waals surface area contributed by atoms with Gasteiger partial charge in [0.1, 0.15) is 0 Å². The molecule has 1 atom stereocenters. The molecule has 3 heteroatoms. The highest BCUT2D eigenvalue weighted by atomic mass is 19.1. The maximum absolute atomic E-state index is 13.5. The van der Waals surface area contributed by atoms with E-state index in [1.54, 1.807) is 12.1 Å². The van der Waals surface area contributed by atoms with Crippen molar-refractivity contribution in [3.8, 4) is 5.75 Å². The van der Waals surface area contributed by atoms with Crippen molar-refractivity contribution in [1.82, 2.24) is 5.32 Å². The van der Waals surface area contributed by atoms with E-state index in [1.807, 2.05) is 13.1 Å². The van der Waals surface area contributed by atoms with Crippen LogP contribution < -0.4 is 10.1 Å². The van der Waals surface area contributed by atoms with Crippen LogP contribution >= 0.6 is 0 Å². The molecule has 0 aliphatic rings. The fourth-order valence-electron chi connectivity index (χ4n) is 2.23. The molecular weight excluding hydrogens is 241 g/mol. The smallest absolute Gasteiger partial charge is 0.165 e. The molecule has 0 aromatic heterocycles. The second-order valence-electron chi connectivity index (χ2n) is 4.53. The summed E-state index contributed by atoms with van der Waals surface area (Å²) >= 11 is 0. The third-order valence-corrected chi connectivity index (χ3v) is 3.17. The SMILES string of the molecule is CNC(c1cccc(C)c1)c1ccc(F)c(OC)c1. The van der Waals surface area contributed by atoms with Gasteiger partial charge in [0.15, 0.2) is 11.6 Å². The first-order valence-electron chi connectivity index (χ1n) is 6.23. The molecule has 0 saturated carbocycles. The van der Waals surface area contributed by atoms with Crippen LogP contribution in [0.15, 0.2) is 42.5 Å². The van der Waals surface area contributed by atoms with E-state index in [0.717, 1.165) is 11.1 Å². The summed E-state index contributed by atoms with van der Waals surface area (Å²) in [5, 5.41) is 3.25. The zero-order chi connectivity index (χ0) is 13.8. The van der Waals surface area contributed by atoms with Crippen LogP contribution in [0, 0.1) is 12.7 Å². The number of ether oxygens (including phenoxy) is 1. The lowest BCUT2D eigenvalue weighted by Gasteiger charge is -2.18. The summed E-state index contributed by atoms with van der Waals surface area (Å²) in [6.45, 7) is 2.06. The van der Waals surface area contributed by atoms with Gasteiger partial charge >= 0.3 is 0 Å². The summed E-state index contributed by atoms with van der Waals surface area (Å²) in [5.74, 6) is -0.0734. The minimum atomic E-state index is -0.342. The zero-order valence-corrected chi connectivity index (χ0v) is 11.4. The van der Waals surface area contributed by atoms with E-state index in [-0.39, 0.29) is 17.6 Å². The normalized spacial score (nSPS) is 12.2. The highest BCUT2D eigenvalue weighted by molar-refractivity contribution is 5.38. The van der Waals surface area contributed by atoms with Crippen LogP contribution in [0.5, 0.6) is 5.75 Å². The molecule has 1 unspecified atom stereocenters. The van der Waals surface area contributed by atoms with Gasteiger partial charge in [-0.3, -0.25) is 0 Å². The molecule has 0 bridgehead atoms. The van der Waals surface area contributed by atoms with Crippen molar-refractivity contribution in [1.29, 1.82) is 0 Å². The van der Waals surface area contributed by atoms with E-state index in [9.17, 15) is 4.39 Å². The van der Waals surface area contributed by atoms with Crippen molar-refractivity contribution < 1.29 is 9.13 Å². The molecule has 0 spiro atoms. The van der Waals surface area contributed by atoms with Gasteiger partial charge in [0, 0.05) is 0 Å². The molecule has 0 saturated heterocycles. The van der Waals surface area contributed by atoms with Crippen LogP contribution in [0.2, 0.25) is 0 Å². The second-order valence-corrected chi connectivity index (χ2v) is 4.53. The monoisotopic (exact) mass is 259 g/mol.